The molecule has 0 saturated heterocycles. The summed E-state index contributed by atoms with van der Waals surface area (Å²) in [5.74, 6) is 2.05. The summed E-state index contributed by atoms with van der Waals surface area (Å²) in [7, 11) is 0. The van der Waals surface area contributed by atoms with Crippen molar-refractivity contribution >= 4 is 43.9 Å². The van der Waals surface area contributed by atoms with Crippen molar-refractivity contribution in [3.05, 3.63) is 158 Å². The number of hydrogen-bond acceptors (Lipinski definition) is 5. The molecule has 8 heteroatoms. The van der Waals surface area contributed by atoms with Gasteiger partial charge >= 0.3 is 0 Å². The SMILES string of the molecule is Oc1ccc2c(c1)c1c(c3c(c4cc(O)ccc4n3-c3nc(-c4ccccc4)nc(C4C=CC=CC4)n3)n1-c1ccccc1)n2-c1ccccc1. The van der Waals surface area contributed by atoms with Crippen LogP contribution in [0, 0.1) is 0 Å². The van der Waals surface area contributed by atoms with E-state index in [4.69, 9.17) is 15.0 Å². The van der Waals surface area contributed by atoms with E-state index in [1.165, 1.54) is 0 Å². The Morgan fingerprint density at radius 2 is 1.10 bits per heavy atom. The Labute approximate surface area is 292 Å². The first kappa shape index (κ1) is 29.0. The first-order chi connectivity index (χ1) is 25.1. The van der Waals surface area contributed by atoms with Crippen LogP contribution in [0.15, 0.2) is 152 Å². The summed E-state index contributed by atoms with van der Waals surface area (Å²) in [6, 6.07) is 41.4. The van der Waals surface area contributed by atoms with Crippen molar-refractivity contribution in [2.24, 2.45) is 0 Å². The average Bonchev–Trinajstić information content (AvgIpc) is 3.81. The Hall–Kier alpha value is -6.93. The zero-order valence-corrected chi connectivity index (χ0v) is 27.3. The number of fused-ring (bicyclic) bond motifs is 7. The molecule has 4 heterocycles. The summed E-state index contributed by atoms with van der Waals surface area (Å²) >= 11 is 0. The lowest BCUT2D eigenvalue weighted by atomic mass is 10.00. The van der Waals surface area contributed by atoms with Gasteiger partial charge in [-0.15, -0.1) is 0 Å². The van der Waals surface area contributed by atoms with E-state index in [2.05, 4.69) is 56.2 Å². The highest BCUT2D eigenvalue weighted by molar-refractivity contribution is 6.25. The number of nitrogens with zero attached hydrogens (tertiary/aromatic N) is 6. The third-order valence-corrected chi connectivity index (χ3v) is 9.73. The van der Waals surface area contributed by atoms with Crippen LogP contribution < -0.4 is 0 Å². The van der Waals surface area contributed by atoms with E-state index in [0.717, 1.165) is 67.2 Å². The molecule has 0 fully saturated rings. The lowest BCUT2D eigenvalue weighted by Gasteiger charge is -2.15. The highest BCUT2D eigenvalue weighted by Gasteiger charge is 2.30. The van der Waals surface area contributed by atoms with Crippen LogP contribution in [0.2, 0.25) is 0 Å². The van der Waals surface area contributed by atoms with Gasteiger partial charge in [-0.05, 0) is 67.1 Å². The Balaban J connectivity index is 1.44. The van der Waals surface area contributed by atoms with Crippen LogP contribution in [0.5, 0.6) is 11.5 Å². The number of allylic oxidation sites excluding steroid dienone is 4. The molecule has 4 aromatic heterocycles. The molecule has 51 heavy (non-hydrogen) atoms. The minimum absolute atomic E-state index is 0.0201. The van der Waals surface area contributed by atoms with Gasteiger partial charge in [0, 0.05) is 33.6 Å². The van der Waals surface area contributed by atoms with Gasteiger partial charge in [-0.1, -0.05) is 91.0 Å². The number of benzene rings is 5. The van der Waals surface area contributed by atoms with Crippen LogP contribution in [0.3, 0.4) is 0 Å². The largest absolute Gasteiger partial charge is 0.508 e. The summed E-state index contributed by atoms with van der Waals surface area (Å²) in [6.45, 7) is 0. The second-order valence-corrected chi connectivity index (χ2v) is 12.8. The molecule has 9 aromatic rings. The van der Waals surface area contributed by atoms with Crippen molar-refractivity contribution in [2.75, 3.05) is 0 Å². The molecule has 0 bridgehead atoms. The average molecular weight is 663 g/mol. The molecule has 2 N–H and O–H groups in total. The van der Waals surface area contributed by atoms with E-state index in [1.807, 2.05) is 97.1 Å². The molecule has 1 atom stereocenters. The number of aromatic nitrogens is 6. The maximum Gasteiger partial charge on any atom is 0.238 e. The molecule has 244 valence electrons. The first-order valence-electron chi connectivity index (χ1n) is 16.9. The molecule has 8 nitrogen and oxygen atoms in total. The van der Waals surface area contributed by atoms with Gasteiger partial charge in [-0.25, -0.2) is 4.98 Å². The summed E-state index contributed by atoms with van der Waals surface area (Å²) in [4.78, 5) is 15.5. The fourth-order valence-corrected chi connectivity index (χ4v) is 7.55. The zero-order chi connectivity index (χ0) is 34.1. The normalized spacial score (nSPS) is 14.4. The van der Waals surface area contributed by atoms with Gasteiger partial charge in [-0.2, -0.15) is 9.97 Å². The Bertz CT molecular complexity index is 2850. The third kappa shape index (κ3) is 4.50. The molecule has 0 spiro atoms. The quantitative estimate of drug-likeness (QED) is 0.191. The van der Waals surface area contributed by atoms with E-state index < -0.39 is 0 Å². The van der Waals surface area contributed by atoms with Crippen molar-refractivity contribution in [2.45, 2.75) is 12.3 Å². The van der Waals surface area contributed by atoms with Crippen molar-refractivity contribution in [1.29, 1.82) is 0 Å². The smallest absolute Gasteiger partial charge is 0.238 e. The molecule has 1 unspecified atom stereocenters. The molecule has 0 aliphatic heterocycles. The number of rotatable bonds is 5. The third-order valence-electron chi connectivity index (χ3n) is 9.73. The molecule has 10 rings (SSSR count). The van der Waals surface area contributed by atoms with Gasteiger partial charge in [0.15, 0.2) is 5.82 Å². The molecule has 5 aromatic carbocycles. The molecule has 1 aliphatic rings. The highest BCUT2D eigenvalue weighted by Crippen LogP contribution is 2.46. The van der Waals surface area contributed by atoms with Gasteiger partial charge in [0.25, 0.3) is 0 Å². The predicted octanol–water partition coefficient (Wildman–Crippen LogP) is 9.53. The van der Waals surface area contributed by atoms with Gasteiger partial charge < -0.3 is 19.3 Å². The van der Waals surface area contributed by atoms with Crippen molar-refractivity contribution < 1.29 is 10.2 Å². The molecule has 0 radical (unpaired) electrons. The Kier molecular flexibility index (Phi) is 6.44. The topological polar surface area (TPSA) is 93.9 Å². The Morgan fingerprint density at radius 1 is 0.529 bits per heavy atom. The molecule has 0 amide bonds. The van der Waals surface area contributed by atoms with Crippen LogP contribution in [0.1, 0.15) is 18.2 Å². The molecular formula is C43H30N6O2. The fraction of sp³-hybridized carbons (Fsp3) is 0.0465. The zero-order valence-electron chi connectivity index (χ0n) is 27.3. The fourth-order valence-electron chi connectivity index (χ4n) is 7.55. The van der Waals surface area contributed by atoms with Gasteiger partial charge in [0.1, 0.15) is 22.8 Å². The first-order valence-corrected chi connectivity index (χ1v) is 16.9. The van der Waals surface area contributed by atoms with Crippen molar-refractivity contribution in [1.82, 2.24) is 28.7 Å². The van der Waals surface area contributed by atoms with Gasteiger partial charge in [0.05, 0.1) is 27.6 Å². The number of phenols is 2. The second-order valence-electron chi connectivity index (χ2n) is 12.8. The van der Waals surface area contributed by atoms with Crippen LogP contribution in [0.4, 0.5) is 0 Å². The number of aromatic hydroxyl groups is 2. The summed E-state index contributed by atoms with van der Waals surface area (Å²) in [5, 5.41) is 23.6. The molecule has 0 saturated carbocycles. The van der Waals surface area contributed by atoms with Crippen LogP contribution in [-0.4, -0.2) is 38.9 Å². The van der Waals surface area contributed by atoms with E-state index >= 15 is 0 Å². The van der Waals surface area contributed by atoms with E-state index in [0.29, 0.717) is 17.6 Å². The Morgan fingerprint density at radius 3 is 1.71 bits per heavy atom. The van der Waals surface area contributed by atoms with E-state index in [-0.39, 0.29) is 17.4 Å². The second kappa shape index (κ2) is 11.3. The maximum atomic E-state index is 11.0. The standard InChI is InChI=1S/C43H30N6O2/c50-31-21-23-35-33(25-31)37-39(47(35)29-17-9-3-10-18-29)40-38(48(37)30-19-11-4-12-20-30)34-26-32(51)22-24-36(34)49(40)43-45-41(27-13-5-1-6-14-27)44-42(46-43)28-15-7-2-8-16-28/h1-15,17-26,28,50-51H,16H2. The monoisotopic (exact) mass is 662 g/mol. The minimum atomic E-state index is -0.0201. The van der Waals surface area contributed by atoms with Crippen LogP contribution in [0.25, 0.3) is 72.6 Å². The lowest BCUT2D eigenvalue weighted by Crippen LogP contribution is -2.11. The van der Waals surface area contributed by atoms with E-state index in [9.17, 15) is 10.2 Å². The molecular weight excluding hydrogens is 633 g/mol. The number of phenolic OH excluding ortho intramolecular Hbond substituents is 2. The number of para-hydroxylation sites is 2. The molecule has 1 aliphatic carbocycles. The van der Waals surface area contributed by atoms with Crippen LogP contribution in [-0.2, 0) is 0 Å². The van der Waals surface area contributed by atoms with Gasteiger partial charge in [-0.3, -0.25) is 4.57 Å². The lowest BCUT2D eigenvalue weighted by molar-refractivity contribution is 0.475. The summed E-state index contributed by atoms with van der Waals surface area (Å²) in [6.07, 6.45) is 9.15. The van der Waals surface area contributed by atoms with Gasteiger partial charge in [0.2, 0.25) is 5.95 Å². The predicted molar refractivity (Wildman–Crippen MR) is 202 cm³/mol. The minimum Gasteiger partial charge on any atom is -0.508 e. The highest BCUT2D eigenvalue weighted by atomic mass is 16.3. The summed E-state index contributed by atoms with van der Waals surface area (Å²) in [5.41, 5.74) is 8.16. The summed E-state index contributed by atoms with van der Waals surface area (Å²) < 4.78 is 6.60. The maximum absolute atomic E-state index is 11.0. The van der Waals surface area contributed by atoms with Crippen LogP contribution >= 0.6 is 0 Å². The van der Waals surface area contributed by atoms with Crippen molar-refractivity contribution in [3.8, 4) is 40.2 Å². The van der Waals surface area contributed by atoms with E-state index in [1.54, 1.807) is 12.1 Å². The van der Waals surface area contributed by atoms with Crippen molar-refractivity contribution in [3.63, 3.8) is 0 Å². The number of hydrogen-bond donors (Lipinski definition) is 2.